The van der Waals surface area contributed by atoms with Gasteiger partial charge >= 0.3 is 6.18 Å². The fourth-order valence-electron chi connectivity index (χ4n) is 5.22. The van der Waals surface area contributed by atoms with Crippen molar-refractivity contribution in [1.29, 1.82) is 5.26 Å². The van der Waals surface area contributed by atoms with Crippen molar-refractivity contribution in [2.75, 3.05) is 6.61 Å². The number of benzene rings is 3. The van der Waals surface area contributed by atoms with Gasteiger partial charge in [0.25, 0.3) is 11.1 Å². The molecule has 5 rings (SSSR count). The maximum absolute atomic E-state index is 14.0. The zero-order valence-electron chi connectivity index (χ0n) is 24.5. The van der Waals surface area contributed by atoms with Crippen LogP contribution in [0.4, 0.5) is 18.0 Å². The van der Waals surface area contributed by atoms with Crippen LogP contribution in [-0.4, -0.2) is 23.4 Å². The minimum absolute atomic E-state index is 0.0161. The third-order valence-corrected chi connectivity index (χ3v) is 8.62. The number of halogens is 3. The Morgan fingerprint density at radius 2 is 1.80 bits per heavy atom. The molecule has 1 saturated heterocycles. The van der Waals surface area contributed by atoms with Crippen molar-refractivity contribution in [2.24, 2.45) is 0 Å². The molecule has 0 aromatic heterocycles. The van der Waals surface area contributed by atoms with Crippen LogP contribution < -0.4 is 19.5 Å². The summed E-state index contributed by atoms with van der Waals surface area (Å²) in [5.41, 5.74) is 3.45. The van der Waals surface area contributed by atoms with Gasteiger partial charge in [-0.2, -0.15) is 18.4 Å². The second-order valence-corrected chi connectivity index (χ2v) is 12.1. The SMILES string of the molecule is Cc1c(C)c2c(c(C)c1OCc1ccc(C#N)cc1)CCC(C)(COc1ccc(C=C3SC(=O)NC3=O)cc1C(F)(F)F)O2. The van der Waals surface area contributed by atoms with E-state index in [1.807, 2.05) is 39.8 Å². The summed E-state index contributed by atoms with van der Waals surface area (Å²) in [7, 11) is 0. The minimum atomic E-state index is -4.72. The van der Waals surface area contributed by atoms with E-state index in [0.717, 1.165) is 39.6 Å². The highest BCUT2D eigenvalue weighted by Gasteiger charge is 2.38. The Morgan fingerprint density at radius 1 is 1.07 bits per heavy atom. The fraction of sp³-hybridized carbons (Fsp3) is 0.303. The van der Waals surface area contributed by atoms with Crippen LogP contribution in [0, 0.1) is 32.1 Å². The van der Waals surface area contributed by atoms with Crippen molar-refractivity contribution in [2.45, 2.75) is 58.9 Å². The summed E-state index contributed by atoms with van der Waals surface area (Å²) in [6.45, 7) is 7.86. The van der Waals surface area contributed by atoms with Crippen LogP contribution in [0.25, 0.3) is 6.08 Å². The predicted octanol–water partition coefficient (Wildman–Crippen LogP) is 7.57. The van der Waals surface area contributed by atoms with E-state index in [-0.39, 0.29) is 22.8 Å². The third kappa shape index (κ3) is 6.40. The molecule has 3 aromatic rings. The number of nitriles is 1. The maximum Gasteiger partial charge on any atom is 0.419 e. The molecule has 0 radical (unpaired) electrons. The quantitative estimate of drug-likeness (QED) is 0.272. The van der Waals surface area contributed by atoms with Gasteiger partial charge in [-0.3, -0.25) is 14.9 Å². The molecule has 1 N–H and O–H groups in total. The molecule has 0 spiro atoms. The summed E-state index contributed by atoms with van der Waals surface area (Å²) in [5, 5.41) is 10.5. The first-order valence-electron chi connectivity index (χ1n) is 13.8. The summed E-state index contributed by atoms with van der Waals surface area (Å²) in [5.74, 6) is 0.438. The second-order valence-electron chi connectivity index (χ2n) is 11.1. The summed E-state index contributed by atoms with van der Waals surface area (Å²) >= 11 is 0.631. The van der Waals surface area contributed by atoms with Crippen LogP contribution in [0.2, 0.25) is 0 Å². The Kier molecular flexibility index (Phi) is 8.40. The van der Waals surface area contributed by atoms with E-state index < -0.39 is 28.5 Å². The number of hydrogen-bond acceptors (Lipinski definition) is 7. The van der Waals surface area contributed by atoms with Crippen LogP contribution in [0.15, 0.2) is 47.4 Å². The number of hydrogen-bond donors (Lipinski definition) is 1. The average Bonchev–Trinajstić information content (AvgIpc) is 3.30. The Morgan fingerprint density at radius 3 is 2.43 bits per heavy atom. The summed E-state index contributed by atoms with van der Waals surface area (Å²) in [6, 6.07) is 12.8. The Labute approximate surface area is 257 Å². The molecule has 1 unspecified atom stereocenters. The monoisotopic (exact) mass is 622 g/mol. The Hall–Kier alpha value is -4.43. The number of carbonyl (C=O) groups excluding carboxylic acids is 2. The number of rotatable bonds is 7. The lowest BCUT2D eigenvalue weighted by atomic mass is 9.87. The third-order valence-electron chi connectivity index (χ3n) is 7.81. The number of nitrogens with zero attached hydrogens (tertiary/aromatic N) is 1. The van der Waals surface area contributed by atoms with Gasteiger partial charge in [-0.25, -0.2) is 0 Å². The Bertz CT molecular complexity index is 1730. The van der Waals surface area contributed by atoms with E-state index in [2.05, 4.69) is 11.4 Å². The lowest BCUT2D eigenvalue weighted by Gasteiger charge is -2.38. The van der Waals surface area contributed by atoms with Gasteiger partial charge in [0.1, 0.15) is 36.1 Å². The van der Waals surface area contributed by atoms with Gasteiger partial charge in [0, 0.05) is 5.56 Å². The molecule has 0 saturated carbocycles. The molecule has 3 aromatic carbocycles. The molecule has 2 heterocycles. The predicted molar refractivity (Wildman–Crippen MR) is 160 cm³/mol. The molecule has 7 nitrogen and oxygen atoms in total. The number of amides is 2. The maximum atomic E-state index is 14.0. The van der Waals surface area contributed by atoms with Crippen LogP contribution in [0.5, 0.6) is 17.2 Å². The molecule has 11 heteroatoms. The second kappa shape index (κ2) is 11.9. The number of imide groups is 1. The topological polar surface area (TPSA) is 97.6 Å². The molecule has 228 valence electrons. The van der Waals surface area contributed by atoms with Gasteiger partial charge in [0.2, 0.25) is 0 Å². The van der Waals surface area contributed by atoms with Crippen molar-refractivity contribution in [1.82, 2.24) is 5.32 Å². The highest BCUT2D eigenvalue weighted by molar-refractivity contribution is 8.18. The average molecular weight is 623 g/mol. The molecule has 1 fully saturated rings. The molecule has 2 amide bonds. The normalized spacial score (nSPS) is 18.8. The van der Waals surface area contributed by atoms with E-state index >= 15 is 0 Å². The number of nitrogens with one attached hydrogen (secondary N) is 1. The summed E-state index contributed by atoms with van der Waals surface area (Å²) in [6.07, 6.45) is -2.36. The smallest absolute Gasteiger partial charge is 0.419 e. The van der Waals surface area contributed by atoms with Gasteiger partial charge in [-0.1, -0.05) is 18.2 Å². The van der Waals surface area contributed by atoms with Crippen molar-refractivity contribution < 1.29 is 37.0 Å². The van der Waals surface area contributed by atoms with Gasteiger partial charge in [-0.15, -0.1) is 0 Å². The molecule has 0 bridgehead atoms. The van der Waals surface area contributed by atoms with Crippen molar-refractivity contribution in [3.05, 3.63) is 91.9 Å². The Balaban J connectivity index is 1.33. The minimum Gasteiger partial charge on any atom is -0.489 e. The number of alkyl halides is 3. The van der Waals surface area contributed by atoms with Gasteiger partial charge < -0.3 is 14.2 Å². The first-order chi connectivity index (χ1) is 20.8. The fourth-order valence-corrected chi connectivity index (χ4v) is 5.90. The van der Waals surface area contributed by atoms with Gasteiger partial charge in [0.05, 0.1) is 22.1 Å². The summed E-state index contributed by atoms with van der Waals surface area (Å²) in [4.78, 5) is 23.3. The molecule has 2 aliphatic rings. The van der Waals surface area contributed by atoms with Crippen LogP contribution in [-0.2, 0) is 24.0 Å². The first kappa shape index (κ1) is 31.0. The van der Waals surface area contributed by atoms with Gasteiger partial charge in [-0.05, 0) is 110 Å². The molecule has 2 aliphatic heterocycles. The van der Waals surface area contributed by atoms with E-state index in [9.17, 15) is 22.8 Å². The first-order valence-corrected chi connectivity index (χ1v) is 14.6. The summed E-state index contributed by atoms with van der Waals surface area (Å²) < 4.78 is 60.5. The zero-order chi connectivity index (χ0) is 31.8. The highest BCUT2D eigenvalue weighted by Crippen LogP contribution is 2.45. The van der Waals surface area contributed by atoms with Crippen LogP contribution >= 0.6 is 11.8 Å². The number of carbonyl (C=O) groups is 2. The standard InChI is InChI=1S/C33H29F3N2O5S/c1-18-19(2)29-24(20(3)28(18)41-16-22-7-5-21(15-37)6-8-22)11-12-32(4,43-29)17-42-26-10-9-23(13-25(26)33(34,35)36)14-27-30(39)38-31(40)44-27/h5-10,13-14H,11-12,16-17H2,1-4H3,(H,38,39,40). The van der Waals surface area contributed by atoms with Crippen molar-refractivity contribution in [3.63, 3.8) is 0 Å². The molecular formula is C33H29F3N2O5S. The highest BCUT2D eigenvalue weighted by atomic mass is 32.2. The zero-order valence-corrected chi connectivity index (χ0v) is 25.3. The number of fused-ring (bicyclic) bond motifs is 1. The van der Waals surface area contributed by atoms with Crippen LogP contribution in [0.3, 0.4) is 0 Å². The van der Waals surface area contributed by atoms with Crippen LogP contribution in [0.1, 0.15) is 57.9 Å². The van der Waals surface area contributed by atoms with E-state index in [0.29, 0.717) is 42.5 Å². The van der Waals surface area contributed by atoms with E-state index in [4.69, 9.17) is 19.5 Å². The molecule has 0 aliphatic carbocycles. The van der Waals surface area contributed by atoms with E-state index in [1.165, 1.54) is 18.2 Å². The number of thioether (sulfide) groups is 1. The molecule has 44 heavy (non-hydrogen) atoms. The van der Waals surface area contributed by atoms with Crippen molar-refractivity contribution >= 4 is 29.0 Å². The van der Waals surface area contributed by atoms with Crippen molar-refractivity contribution in [3.8, 4) is 23.3 Å². The number of ether oxygens (including phenoxy) is 3. The largest absolute Gasteiger partial charge is 0.489 e. The molecular weight excluding hydrogens is 593 g/mol. The van der Waals surface area contributed by atoms with E-state index in [1.54, 1.807) is 12.1 Å². The molecule has 1 atom stereocenters. The lowest BCUT2D eigenvalue weighted by Crippen LogP contribution is -2.42. The lowest BCUT2D eigenvalue weighted by molar-refractivity contribution is -0.139. The van der Waals surface area contributed by atoms with Gasteiger partial charge in [0.15, 0.2) is 0 Å².